The number of rotatable bonds is 6. The van der Waals surface area contributed by atoms with Crippen LogP contribution in [-0.4, -0.2) is 60.3 Å². The first kappa shape index (κ1) is 16.8. The molecule has 0 bridgehead atoms. The minimum atomic E-state index is 0.457. The third kappa shape index (κ3) is 4.47. The first-order valence-electron chi connectivity index (χ1n) is 8.25. The Labute approximate surface area is 133 Å². The quantitative estimate of drug-likeness (QED) is 0.494. The molecule has 6 nitrogen and oxygen atoms in total. The monoisotopic (exact) mass is 307 g/mol. The molecule has 2 rings (SSSR count). The molecular weight excluding hydrogens is 278 g/mol. The maximum atomic E-state index is 5.10. The summed E-state index contributed by atoms with van der Waals surface area (Å²) in [5.74, 6) is 1.68. The van der Waals surface area contributed by atoms with E-state index < -0.39 is 0 Å². The molecular formula is C16H29N5O. The summed E-state index contributed by atoms with van der Waals surface area (Å²) in [4.78, 5) is 11.3. The van der Waals surface area contributed by atoms with Crippen LogP contribution in [0.15, 0.2) is 23.7 Å². The van der Waals surface area contributed by atoms with Gasteiger partial charge in [-0.15, -0.1) is 0 Å². The van der Waals surface area contributed by atoms with Gasteiger partial charge in [0.05, 0.1) is 12.4 Å². The number of hydrogen-bond donors (Lipinski definition) is 1. The van der Waals surface area contributed by atoms with E-state index in [1.165, 1.54) is 6.42 Å². The third-order valence-electron chi connectivity index (χ3n) is 4.23. The Morgan fingerprint density at radius 1 is 1.50 bits per heavy atom. The molecule has 1 aliphatic rings. The number of piperidine rings is 1. The zero-order valence-corrected chi connectivity index (χ0v) is 14.0. The summed E-state index contributed by atoms with van der Waals surface area (Å²) in [6, 6.07) is 0.457. The van der Waals surface area contributed by atoms with E-state index in [1.54, 1.807) is 7.11 Å². The number of aromatic nitrogens is 2. The second-order valence-corrected chi connectivity index (χ2v) is 5.87. The zero-order chi connectivity index (χ0) is 15.8. The van der Waals surface area contributed by atoms with Crippen LogP contribution < -0.4 is 5.32 Å². The Morgan fingerprint density at radius 2 is 2.36 bits per heavy atom. The Bertz CT molecular complexity index is 445. The second-order valence-electron chi connectivity index (χ2n) is 5.87. The number of nitrogens with one attached hydrogen (secondary N) is 1. The summed E-state index contributed by atoms with van der Waals surface area (Å²) in [5.41, 5.74) is 0. The van der Waals surface area contributed by atoms with Crippen molar-refractivity contribution in [2.45, 2.75) is 32.7 Å². The van der Waals surface area contributed by atoms with Crippen LogP contribution in [0.3, 0.4) is 0 Å². The van der Waals surface area contributed by atoms with Gasteiger partial charge >= 0.3 is 0 Å². The first-order valence-corrected chi connectivity index (χ1v) is 8.25. The van der Waals surface area contributed by atoms with Crippen LogP contribution in [0.5, 0.6) is 0 Å². The largest absolute Gasteiger partial charge is 0.385 e. The van der Waals surface area contributed by atoms with Crippen LogP contribution in [0.1, 0.15) is 32.7 Å². The van der Waals surface area contributed by atoms with Crippen molar-refractivity contribution in [3.05, 3.63) is 18.7 Å². The SMILES string of the molecule is CCNC(=NCCCOC)N1CCC(C)C(n2ccnc2)C1. The molecule has 0 amide bonds. The highest BCUT2D eigenvalue weighted by Crippen LogP contribution is 2.27. The lowest BCUT2D eigenvalue weighted by Gasteiger charge is -2.39. The second kappa shape index (κ2) is 8.78. The van der Waals surface area contributed by atoms with Crippen LogP contribution in [0.4, 0.5) is 0 Å². The number of hydrogen-bond acceptors (Lipinski definition) is 3. The highest BCUT2D eigenvalue weighted by atomic mass is 16.5. The Hall–Kier alpha value is -1.56. The molecule has 22 heavy (non-hydrogen) atoms. The van der Waals surface area contributed by atoms with Gasteiger partial charge in [-0.3, -0.25) is 4.99 Å². The van der Waals surface area contributed by atoms with Crippen LogP contribution >= 0.6 is 0 Å². The van der Waals surface area contributed by atoms with E-state index in [1.807, 2.05) is 12.5 Å². The van der Waals surface area contributed by atoms with Crippen molar-refractivity contribution >= 4 is 5.96 Å². The van der Waals surface area contributed by atoms with Crippen LogP contribution in [0.2, 0.25) is 0 Å². The molecule has 1 fully saturated rings. The molecule has 0 radical (unpaired) electrons. The Morgan fingerprint density at radius 3 is 3.05 bits per heavy atom. The predicted molar refractivity (Wildman–Crippen MR) is 89.1 cm³/mol. The molecule has 0 spiro atoms. The van der Waals surface area contributed by atoms with E-state index >= 15 is 0 Å². The third-order valence-corrected chi connectivity index (χ3v) is 4.23. The van der Waals surface area contributed by atoms with Gasteiger partial charge in [0.1, 0.15) is 0 Å². The topological polar surface area (TPSA) is 54.7 Å². The lowest BCUT2D eigenvalue weighted by atomic mass is 9.93. The van der Waals surface area contributed by atoms with Crippen molar-refractivity contribution in [2.24, 2.45) is 10.9 Å². The van der Waals surface area contributed by atoms with Gasteiger partial charge in [0.25, 0.3) is 0 Å². The first-order chi connectivity index (χ1) is 10.8. The van der Waals surface area contributed by atoms with Crippen molar-refractivity contribution in [2.75, 3.05) is 39.9 Å². The number of aliphatic imine (C=N–C) groups is 1. The minimum absolute atomic E-state index is 0.457. The van der Waals surface area contributed by atoms with Crippen LogP contribution in [-0.2, 0) is 4.74 Å². The smallest absolute Gasteiger partial charge is 0.193 e. The molecule has 2 atom stereocenters. The van der Waals surface area contributed by atoms with E-state index in [9.17, 15) is 0 Å². The molecule has 0 aromatic carbocycles. The van der Waals surface area contributed by atoms with E-state index in [4.69, 9.17) is 9.73 Å². The molecule has 1 aromatic heterocycles. The van der Waals surface area contributed by atoms with Crippen LogP contribution in [0.25, 0.3) is 0 Å². The molecule has 124 valence electrons. The average molecular weight is 307 g/mol. The number of imidazole rings is 1. The number of likely N-dealkylation sites (tertiary alicyclic amines) is 1. The normalized spacial score (nSPS) is 22.9. The van der Waals surface area contributed by atoms with Crippen LogP contribution in [0, 0.1) is 5.92 Å². The molecule has 0 saturated carbocycles. The zero-order valence-electron chi connectivity index (χ0n) is 14.0. The summed E-state index contributed by atoms with van der Waals surface area (Å²) in [6.45, 7) is 8.94. The maximum Gasteiger partial charge on any atom is 0.193 e. The number of methoxy groups -OCH3 is 1. The predicted octanol–water partition coefficient (Wildman–Crippen LogP) is 1.77. The summed E-state index contributed by atoms with van der Waals surface area (Å²) < 4.78 is 7.32. The summed E-state index contributed by atoms with van der Waals surface area (Å²) in [7, 11) is 1.73. The lowest BCUT2D eigenvalue weighted by Crippen LogP contribution is -2.49. The molecule has 2 unspecified atom stereocenters. The van der Waals surface area contributed by atoms with Gasteiger partial charge in [-0.05, 0) is 25.7 Å². The highest BCUT2D eigenvalue weighted by molar-refractivity contribution is 5.80. The Balaban J connectivity index is 2.01. The molecule has 1 N–H and O–H groups in total. The summed E-state index contributed by atoms with van der Waals surface area (Å²) in [6.07, 6.45) is 7.97. The van der Waals surface area contributed by atoms with Crippen molar-refractivity contribution in [1.82, 2.24) is 19.8 Å². The van der Waals surface area contributed by atoms with Gasteiger partial charge in [0.2, 0.25) is 0 Å². The fourth-order valence-corrected chi connectivity index (χ4v) is 2.91. The summed E-state index contributed by atoms with van der Waals surface area (Å²) in [5, 5.41) is 3.42. The van der Waals surface area contributed by atoms with E-state index in [2.05, 4.69) is 39.8 Å². The molecule has 6 heteroatoms. The molecule has 1 aromatic rings. The molecule has 1 aliphatic heterocycles. The molecule has 1 saturated heterocycles. The van der Waals surface area contributed by atoms with Crippen molar-refractivity contribution < 1.29 is 4.74 Å². The van der Waals surface area contributed by atoms with Gasteiger partial charge in [-0.2, -0.15) is 0 Å². The van der Waals surface area contributed by atoms with Gasteiger partial charge in [-0.1, -0.05) is 6.92 Å². The van der Waals surface area contributed by atoms with Crippen molar-refractivity contribution in [3.8, 4) is 0 Å². The number of ether oxygens (including phenoxy) is 1. The lowest BCUT2D eigenvalue weighted by molar-refractivity contribution is 0.187. The van der Waals surface area contributed by atoms with Gasteiger partial charge < -0.3 is 19.5 Å². The van der Waals surface area contributed by atoms with Crippen molar-refractivity contribution in [1.29, 1.82) is 0 Å². The van der Waals surface area contributed by atoms with E-state index in [0.717, 1.165) is 45.2 Å². The van der Waals surface area contributed by atoms with Gasteiger partial charge in [0, 0.05) is 52.3 Å². The number of guanidine groups is 1. The van der Waals surface area contributed by atoms with Crippen molar-refractivity contribution in [3.63, 3.8) is 0 Å². The van der Waals surface area contributed by atoms with Gasteiger partial charge in [0.15, 0.2) is 5.96 Å². The molecule has 0 aliphatic carbocycles. The summed E-state index contributed by atoms with van der Waals surface area (Å²) >= 11 is 0. The standard InChI is InChI=1S/C16H29N5O/c1-4-18-16(19-7-5-11-22-3)20-9-6-14(2)15(12-20)21-10-8-17-13-21/h8,10,13-15H,4-7,9,11-12H2,1-3H3,(H,18,19). The fraction of sp³-hybridized carbons (Fsp3) is 0.750. The molecule has 2 heterocycles. The fourth-order valence-electron chi connectivity index (χ4n) is 2.91. The minimum Gasteiger partial charge on any atom is -0.385 e. The Kier molecular flexibility index (Phi) is 6.71. The van der Waals surface area contributed by atoms with E-state index in [-0.39, 0.29) is 0 Å². The van der Waals surface area contributed by atoms with E-state index in [0.29, 0.717) is 12.0 Å². The number of nitrogens with zero attached hydrogens (tertiary/aromatic N) is 4. The van der Waals surface area contributed by atoms with Gasteiger partial charge in [-0.25, -0.2) is 4.98 Å². The maximum absolute atomic E-state index is 5.10. The highest BCUT2D eigenvalue weighted by Gasteiger charge is 2.28. The average Bonchev–Trinajstić information content (AvgIpc) is 3.05.